The Morgan fingerprint density at radius 3 is 2.50 bits per heavy atom. The van der Waals surface area contributed by atoms with Gasteiger partial charge in [0, 0.05) is 19.1 Å². The average molecular weight is 269 g/mol. The van der Waals surface area contributed by atoms with E-state index in [2.05, 4.69) is 37.8 Å². The molecular formula is C19H27N. The number of aryl methyl sites for hydroxylation is 1. The maximum absolute atomic E-state index is 2.77. The van der Waals surface area contributed by atoms with Gasteiger partial charge in [-0.2, -0.15) is 0 Å². The van der Waals surface area contributed by atoms with Gasteiger partial charge in [0.25, 0.3) is 0 Å². The minimum atomic E-state index is 0.278. The lowest BCUT2D eigenvalue weighted by Gasteiger charge is -2.40. The molecule has 1 saturated carbocycles. The van der Waals surface area contributed by atoms with E-state index in [9.17, 15) is 0 Å². The Labute approximate surface area is 123 Å². The molecule has 0 saturated heterocycles. The molecule has 1 heterocycles. The van der Waals surface area contributed by atoms with Crippen molar-refractivity contribution in [2.75, 3.05) is 6.54 Å². The van der Waals surface area contributed by atoms with Crippen LogP contribution < -0.4 is 0 Å². The summed E-state index contributed by atoms with van der Waals surface area (Å²) in [6.07, 6.45) is 7.00. The van der Waals surface area contributed by atoms with Gasteiger partial charge in [-0.05, 0) is 65.7 Å². The van der Waals surface area contributed by atoms with E-state index in [1.807, 2.05) is 0 Å². The van der Waals surface area contributed by atoms with Gasteiger partial charge in [-0.3, -0.25) is 4.90 Å². The molecule has 0 spiro atoms. The number of benzene rings is 1. The standard InChI is InChI=1S/C19H27N/c1-19(2,3)16-9-13-5-4-6-14-11-20(17-7-8-17)12-15(10-16)18(13)14/h9-10,14,17H,4-8,11-12H2,1-3H3. The van der Waals surface area contributed by atoms with Crippen molar-refractivity contribution in [2.45, 2.75) is 76.8 Å². The van der Waals surface area contributed by atoms with Crippen LogP contribution in [-0.4, -0.2) is 17.5 Å². The zero-order valence-corrected chi connectivity index (χ0v) is 13.2. The molecule has 1 aromatic rings. The van der Waals surface area contributed by atoms with Crippen molar-refractivity contribution >= 4 is 0 Å². The van der Waals surface area contributed by atoms with Crippen molar-refractivity contribution in [1.82, 2.24) is 4.90 Å². The lowest BCUT2D eigenvalue weighted by molar-refractivity contribution is 0.210. The molecule has 108 valence electrons. The molecule has 0 radical (unpaired) electrons. The minimum absolute atomic E-state index is 0.278. The summed E-state index contributed by atoms with van der Waals surface area (Å²) in [5, 5.41) is 0. The Bertz CT molecular complexity index is 533. The Kier molecular flexibility index (Phi) is 2.79. The molecule has 1 nitrogen and oxygen atoms in total. The third-order valence-corrected chi connectivity index (χ3v) is 5.52. The second-order valence-corrected chi connectivity index (χ2v) is 8.21. The summed E-state index contributed by atoms with van der Waals surface area (Å²) in [4.78, 5) is 2.77. The first-order chi connectivity index (χ1) is 9.52. The van der Waals surface area contributed by atoms with Crippen LogP contribution in [0.2, 0.25) is 0 Å². The fourth-order valence-electron chi connectivity index (χ4n) is 4.22. The monoisotopic (exact) mass is 269 g/mol. The maximum atomic E-state index is 2.77. The molecule has 2 aliphatic carbocycles. The first kappa shape index (κ1) is 12.9. The summed E-state index contributed by atoms with van der Waals surface area (Å²) in [5.74, 6) is 0.831. The summed E-state index contributed by atoms with van der Waals surface area (Å²) in [7, 11) is 0. The summed E-state index contributed by atoms with van der Waals surface area (Å²) < 4.78 is 0. The van der Waals surface area contributed by atoms with Gasteiger partial charge in [-0.25, -0.2) is 0 Å². The van der Waals surface area contributed by atoms with Gasteiger partial charge in [0.05, 0.1) is 0 Å². The molecule has 0 N–H and O–H groups in total. The third-order valence-electron chi connectivity index (χ3n) is 5.52. The zero-order valence-electron chi connectivity index (χ0n) is 13.2. The Hall–Kier alpha value is -0.820. The van der Waals surface area contributed by atoms with E-state index < -0.39 is 0 Å². The van der Waals surface area contributed by atoms with Gasteiger partial charge in [0.1, 0.15) is 0 Å². The smallest absolute Gasteiger partial charge is 0.0239 e. The molecule has 4 rings (SSSR count). The molecule has 3 aliphatic rings. The van der Waals surface area contributed by atoms with Gasteiger partial charge in [0.2, 0.25) is 0 Å². The lowest BCUT2D eigenvalue weighted by atomic mass is 9.74. The quantitative estimate of drug-likeness (QED) is 0.731. The minimum Gasteiger partial charge on any atom is -0.296 e. The van der Waals surface area contributed by atoms with Gasteiger partial charge in [0.15, 0.2) is 0 Å². The fraction of sp³-hybridized carbons (Fsp3) is 0.684. The van der Waals surface area contributed by atoms with E-state index in [4.69, 9.17) is 0 Å². The van der Waals surface area contributed by atoms with Crippen LogP contribution in [0.1, 0.15) is 74.6 Å². The predicted molar refractivity (Wildman–Crippen MR) is 84.3 cm³/mol. The number of nitrogens with zero attached hydrogens (tertiary/aromatic N) is 1. The molecule has 1 fully saturated rings. The highest BCUT2D eigenvalue weighted by molar-refractivity contribution is 5.46. The van der Waals surface area contributed by atoms with Crippen molar-refractivity contribution < 1.29 is 0 Å². The SMILES string of the molecule is CC(C)(C)c1cc2c3c(c1)CN(C1CC1)CC3CCC2. The van der Waals surface area contributed by atoms with Crippen LogP contribution in [-0.2, 0) is 18.4 Å². The first-order valence-corrected chi connectivity index (χ1v) is 8.42. The summed E-state index contributed by atoms with van der Waals surface area (Å²) in [6.45, 7) is 9.60. The van der Waals surface area contributed by atoms with Crippen LogP contribution in [0.3, 0.4) is 0 Å². The summed E-state index contributed by atoms with van der Waals surface area (Å²) in [6, 6.07) is 5.97. The van der Waals surface area contributed by atoms with Crippen LogP contribution >= 0.6 is 0 Å². The predicted octanol–water partition coefficient (Wildman–Crippen LogP) is 4.38. The topological polar surface area (TPSA) is 3.24 Å². The first-order valence-electron chi connectivity index (χ1n) is 8.42. The Morgan fingerprint density at radius 2 is 1.80 bits per heavy atom. The highest BCUT2D eigenvalue weighted by atomic mass is 15.2. The molecule has 0 aromatic heterocycles. The highest BCUT2D eigenvalue weighted by Crippen LogP contribution is 2.43. The van der Waals surface area contributed by atoms with Crippen LogP contribution in [0, 0.1) is 0 Å². The van der Waals surface area contributed by atoms with Crippen molar-refractivity contribution in [2.24, 2.45) is 0 Å². The third kappa shape index (κ3) is 2.11. The van der Waals surface area contributed by atoms with E-state index in [0.717, 1.165) is 12.0 Å². The lowest BCUT2D eigenvalue weighted by Crippen LogP contribution is -2.37. The molecule has 1 aliphatic heterocycles. The van der Waals surface area contributed by atoms with Gasteiger partial charge in [-0.1, -0.05) is 32.9 Å². The largest absolute Gasteiger partial charge is 0.296 e. The highest BCUT2D eigenvalue weighted by Gasteiger charge is 2.37. The van der Waals surface area contributed by atoms with Crippen molar-refractivity contribution in [3.05, 3.63) is 34.4 Å². The molecule has 20 heavy (non-hydrogen) atoms. The Morgan fingerprint density at radius 1 is 1.05 bits per heavy atom. The number of hydrogen-bond acceptors (Lipinski definition) is 1. The maximum Gasteiger partial charge on any atom is 0.0239 e. The molecule has 0 bridgehead atoms. The molecule has 1 aromatic carbocycles. The van der Waals surface area contributed by atoms with E-state index in [-0.39, 0.29) is 5.41 Å². The van der Waals surface area contributed by atoms with Crippen molar-refractivity contribution in [3.63, 3.8) is 0 Å². The zero-order chi connectivity index (χ0) is 13.9. The van der Waals surface area contributed by atoms with Gasteiger partial charge in [-0.15, -0.1) is 0 Å². The second-order valence-electron chi connectivity index (χ2n) is 8.21. The molecule has 1 unspecified atom stereocenters. The number of rotatable bonds is 1. The average Bonchev–Trinajstić information content (AvgIpc) is 3.21. The van der Waals surface area contributed by atoms with Gasteiger partial charge >= 0.3 is 0 Å². The number of hydrogen-bond donors (Lipinski definition) is 0. The van der Waals surface area contributed by atoms with E-state index in [0.29, 0.717) is 0 Å². The second kappa shape index (κ2) is 4.34. The van der Waals surface area contributed by atoms with Crippen molar-refractivity contribution in [1.29, 1.82) is 0 Å². The fourth-order valence-corrected chi connectivity index (χ4v) is 4.22. The Balaban J connectivity index is 1.80. The van der Waals surface area contributed by atoms with Crippen molar-refractivity contribution in [3.8, 4) is 0 Å². The molecule has 1 heteroatoms. The van der Waals surface area contributed by atoms with Crippen LogP contribution in [0.25, 0.3) is 0 Å². The van der Waals surface area contributed by atoms with E-state index in [1.54, 1.807) is 22.3 Å². The van der Waals surface area contributed by atoms with Crippen LogP contribution in [0.4, 0.5) is 0 Å². The molecule has 1 atom stereocenters. The summed E-state index contributed by atoms with van der Waals surface area (Å²) >= 11 is 0. The van der Waals surface area contributed by atoms with Gasteiger partial charge < -0.3 is 0 Å². The van der Waals surface area contributed by atoms with Crippen LogP contribution in [0.5, 0.6) is 0 Å². The molecule has 0 amide bonds. The molecular weight excluding hydrogens is 242 g/mol. The van der Waals surface area contributed by atoms with E-state index in [1.165, 1.54) is 45.2 Å². The normalized spacial score (nSPS) is 26.4. The van der Waals surface area contributed by atoms with E-state index >= 15 is 0 Å². The van der Waals surface area contributed by atoms with Crippen LogP contribution in [0.15, 0.2) is 12.1 Å². The summed E-state index contributed by atoms with van der Waals surface area (Å²) in [5.41, 5.74) is 6.92.